The Labute approximate surface area is 230 Å². The van der Waals surface area contributed by atoms with Crippen molar-refractivity contribution in [1.82, 2.24) is 9.80 Å². The van der Waals surface area contributed by atoms with Gasteiger partial charge in [-0.1, -0.05) is 32.6 Å². The summed E-state index contributed by atoms with van der Waals surface area (Å²) in [5.41, 5.74) is 2.16. The van der Waals surface area contributed by atoms with Crippen molar-refractivity contribution in [2.24, 2.45) is 0 Å². The minimum Gasteiger partial charge on any atom is -0.507 e. The summed E-state index contributed by atoms with van der Waals surface area (Å²) in [5.74, 6) is 0.273. The number of carbonyl (C=O) groups excluding carboxylic acids is 2. The molecule has 0 spiro atoms. The average molecular weight is 535 g/mol. The predicted molar refractivity (Wildman–Crippen MR) is 150 cm³/mol. The summed E-state index contributed by atoms with van der Waals surface area (Å²) in [6.07, 6.45) is 2.40. The number of ether oxygens (including phenoxy) is 3. The van der Waals surface area contributed by atoms with E-state index >= 15 is 0 Å². The number of fused-ring (bicyclic) bond motifs is 1. The van der Waals surface area contributed by atoms with Crippen LogP contribution in [-0.4, -0.2) is 72.1 Å². The zero-order valence-corrected chi connectivity index (χ0v) is 23.2. The lowest BCUT2D eigenvalue weighted by Gasteiger charge is -2.28. The van der Waals surface area contributed by atoms with Gasteiger partial charge in [0.15, 0.2) is 11.5 Å². The second-order valence-corrected chi connectivity index (χ2v) is 9.71. The molecule has 2 heterocycles. The van der Waals surface area contributed by atoms with Crippen LogP contribution >= 0.6 is 0 Å². The number of ketones is 1. The van der Waals surface area contributed by atoms with Gasteiger partial charge >= 0.3 is 0 Å². The Morgan fingerprint density at radius 1 is 1.13 bits per heavy atom. The fourth-order valence-electron chi connectivity index (χ4n) is 5.20. The summed E-state index contributed by atoms with van der Waals surface area (Å²) in [6, 6.07) is 9.95. The highest BCUT2D eigenvalue weighted by atomic mass is 16.5. The third kappa shape index (κ3) is 5.81. The van der Waals surface area contributed by atoms with Crippen molar-refractivity contribution in [2.45, 2.75) is 46.3 Å². The molecule has 0 unspecified atom stereocenters. The van der Waals surface area contributed by atoms with Crippen molar-refractivity contribution in [3.63, 3.8) is 0 Å². The summed E-state index contributed by atoms with van der Waals surface area (Å²) in [5, 5.41) is 11.5. The molecule has 0 radical (unpaired) electrons. The van der Waals surface area contributed by atoms with Gasteiger partial charge in [0, 0.05) is 25.1 Å². The van der Waals surface area contributed by atoms with Gasteiger partial charge in [-0.25, -0.2) is 0 Å². The lowest BCUT2D eigenvalue weighted by Crippen LogP contribution is -2.38. The molecule has 4 rings (SSSR count). The maximum atomic E-state index is 13.5. The van der Waals surface area contributed by atoms with E-state index in [1.807, 2.05) is 26.0 Å². The van der Waals surface area contributed by atoms with Gasteiger partial charge in [-0.15, -0.1) is 0 Å². The first-order chi connectivity index (χ1) is 18.8. The lowest BCUT2D eigenvalue weighted by atomic mass is 9.94. The van der Waals surface area contributed by atoms with Crippen LogP contribution in [0.5, 0.6) is 17.2 Å². The normalized spacial score (nSPS) is 19.8. The molecule has 8 heteroatoms. The summed E-state index contributed by atoms with van der Waals surface area (Å²) in [7, 11) is 0. The van der Waals surface area contributed by atoms with Crippen LogP contribution < -0.4 is 14.2 Å². The molecule has 2 atom stereocenters. The Morgan fingerprint density at radius 3 is 2.59 bits per heavy atom. The van der Waals surface area contributed by atoms with Gasteiger partial charge in [0.25, 0.3) is 11.7 Å². The van der Waals surface area contributed by atoms with Crippen LogP contribution in [0.1, 0.15) is 50.4 Å². The quantitative estimate of drug-likeness (QED) is 0.182. The number of likely N-dealkylation sites (N-methyl/N-ethyl adjacent to an activating group) is 1. The zero-order chi connectivity index (χ0) is 28.1. The zero-order valence-electron chi connectivity index (χ0n) is 23.2. The van der Waals surface area contributed by atoms with E-state index in [0.29, 0.717) is 55.4 Å². The standard InChI is InChI=1S/C31H38N2O6/c1-6-16-38-25-13-10-21(19-26(25)37-9-4)28-27(30(35)31(36)33(28)15-14-32(7-2)8-3)29(34)22-11-12-24-23(18-22)17-20(5)39-24/h6,10-13,18-20,28,34H,1,7-9,14-17H2,2-5H3/b29-27+/t20-,28-/m1/s1. The van der Waals surface area contributed by atoms with E-state index in [1.54, 1.807) is 35.2 Å². The van der Waals surface area contributed by atoms with Gasteiger partial charge in [-0.05, 0) is 68.4 Å². The van der Waals surface area contributed by atoms with E-state index < -0.39 is 17.7 Å². The largest absolute Gasteiger partial charge is 0.507 e. The highest BCUT2D eigenvalue weighted by molar-refractivity contribution is 6.46. The van der Waals surface area contributed by atoms with Gasteiger partial charge in [-0.3, -0.25) is 9.59 Å². The van der Waals surface area contributed by atoms with E-state index in [0.717, 1.165) is 24.4 Å². The van der Waals surface area contributed by atoms with Crippen molar-refractivity contribution >= 4 is 17.4 Å². The van der Waals surface area contributed by atoms with Crippen LogP contribution in [0.3, 0.4) is 0 Å². The fourth-order valence-corrected chi connectivity index (χ4v) is 5.20. The number of hydrogen-bond donors (Lipinski definition) is 1. The molecule has 0 bridgehead atoms. The number of rotatable bonds is 12. The van der Waals surface area contributed by atoms with Crippen LogP contribution in [-0.2, 0) is 16.0 Å². The molecule has 208 valence electrons. The molecule has 2 aliphatic rings. The molecule has 0 aliphatic carbocycles. The molecular formula is C31H38N2O6. The Bertz CT molecular complexity index is 1270. The Morgan fingerprint density at radius 2 is 1.90 bits per heavy atom. The maximum absolute atomic E-state index is 13.5. The van der Waals surface area contributed by atoms with Crippen LogP contribution in [0.4, 0.5) is 0 Å². The van der Waals surface area contributed by atoms with E-state index in [1.165, 1.54) is 0 Å². The molecule has 2 aliphatic heterocycles. The number of aliphatic hydroxyl groups excluding tert-OH is 1. The van der Waals surface area contributed by atoms with Crippen molar-refractivity contribution < 1.29 is 28.9 Å². The molecule has 0 aromatic heterocycles. The maximum Gasteiger partial charge on any atom is 0.295 e. The molecular weight excluding hydrogens is 496 g/mol. The van der Waals surface area contributed by atoms with Gasteiger partial charge in [0.2, 0.25) is 0 Å². The smallest absolute Gasteiger partial charge is 0.295 e. The Hall–Kier alpha value is -3.78. The molecule has 1 N–H and O–H groups in total. The SMILES string of the molecule is C=CCOc1ccc([C@@H]2/C(=C(\O)c3ccc4c(c3)C[C@@H](C)O4)C(=O)C(=O)N2CCN(CC)CC)cc1OCC. The van der Waals surface area contributed by atoms with Gasteiger partial charge in [0.05, 0.1) is 18.2 Å². The third-order valence-corrected chi connectivity index (χ3v) is 7.20. The minimum absolute atomic E-state index is 0.0434. The summed E-state index contributed by atoms with van der Waals surface area (Å²) in [4.78, 5) is 30.6. The number of carbonyl (C=O) groups is 2. The molecule has 0 saturated carbocycles. The molecule has 1 amide bonds. The number of likely N-dealkylation sites (tertiary alicyclic amines) is 1. The van der Waals surface area contributed by atoms with Gasteiger partial charge in [0.1, 0.15) is 24.2 Å². The minimum atomic E-state index is -0.781. The second kappa shape index (κ2) is 12.4. The number of benzene rings is 2. The lowest BCUT2D eigenvalue weighted by molar-refractivity contribution is -0.140. The number of nitrogens with zero attached hydrogens (tertiary/aromatic N) is 2. The van der Waals surface area contributed by atoms with Crippen LogP contribution in [0, 0.1) is 0 Å². The van der Waals surface area contributed by atoms with Gasteiger partial charge < -0.3 is 29.1 Å². The first kappa shape index (κ1) is 28.2. The monoisotopic (exact) mass is 534 g/mol. The highest BCUT2D eigenvalue weighted by Crippen LogP contribution is 2.42. The predicted octanol–water partition coefficient (Wildman–Crippen LogP) is 4.74. The molecule has 2 aromatic rings. The average Bonchev–Trinajstić information content (AvgIpc) is 3.43. The first-order valence-corrected chi connectivity index (χ1v) is 13.6. The Balaban J connectivity index is 1.82. The second-order valence-electron chi connectivity index (χ2n) is 9.71. The number of Topliss-reactive ketones (excluding diaryl/α,β-unsaturated/α-hetero) is 1. The number of aliphatic hydroxyl groups is 1. The van der Waals surface area contributed by atoms with E-state index in [-0.39, 0.29) is 17.4 Å². The van der Waals surface area contributed by atoms with Gasteiger partial charge in [-0.2, -0.15) is 0 Å². The highest BCUT2D eigenvalue weighted by Gasteiger charge is 2.46. The summed E-state index contributed by atoms with van der Waals surface area (Å²) < 4.78 is 17.4. The third-order valence-electron chi connectivity index (χ3n) is 7.20. The number of hydrogen-bond acceptors (Lipinski definition) is 7. The molecule has 1 saturated heterocycles. The Kier molecular flexibility index (Phi) is 8.97. The van der Waals surface area contributed by atoms with Crippen molar-refractivity contribution in [2.75, 3.05) is 39.4 Å². The summed E-state index contributed by atoms with van der Waals surface area (Å²) >= 11 is 0. The van der Waals surface area contributed by atoms with Crippen molar-refractivity contribution in [1.29, 1.82) is 0 Å². The van der Waals surface area contributed by atoms with E-state index in [2.05, 4.69) is 25.3 Å². The molecule has 8 nitrogen and oxygen atoms in total. The fraction of sp³-hybridized carbons (Fsp3) is 0.419. The molecule has 1 fully saturated rings. The van der Waals surface area contributed by atoms with Crippen molar-refractivity contribution in [3.8, 4) is 17.2 Å². The first-order valence-electron chi connectivity index (χ1n) is 13.6. The van der Waals surface area contributed by atoms with E-state index in [9.17, 15) is 14.7 Å². The number of amides is 1. The van der Waals surface area contributed by atoms with E-state index in [4.69, 9.17) is 14.2 Å². The summed E-state index contributed by atoms with van der Waals surface area (Å²) in [6.45, 7) is 15.0. The van der Waals surface area contributed by atoms with Crippen LogP contribution in [0.25, 0.3) is 5.76 Å². The van der Waals surface area contributed by atoms with Crippen LogP contribution in [0.15, 0.2) is 54.6 Å². The van der Waals surface area contributed by atoms with Crippen molar-refractivity contribution in [3.05, 3.63) is 71.3 Å². The molecule has 39 heavy (non-hydrogen) atoms. The topological polar surface area (TPSA) is 88.5 Å². The molecule has 2 aromatic carbocycles. The van der Waals surface area contributed by atoms with Crippen LogP contribution in [0.2, 0.25) is 0 Å².